The molecule has 1 heterocycles. The molecule has 0 saturated heterocycles. The van der Waals surface area contributed by atoms with Crippen molar-refractivity contribution in [3.63, 3.8) is 0 Å². The van der Waals surface area contributed by atoms with E-state index in [2.05, 4.69) is 5.32 Å². The van der Waals surface area contributed by atoms with Gasteiger partial charge < -0.3 is 5.32 Å². The van der Waals surface area contributed by atoms with Crippen molar-refractivity contribution >= 4 is 25.6 Å². The summed E-state index contributed by atoms with van der Waals surface area (Å²) in [6.07, 6.45) is 0. The Morgan fingerprint density at radius 1 is 1.15 bits per heavy atom. The lowest BCUT2D eigenvalue weighted by Gasteiger charge is -2.08. The van der Waals surface area contributed by atoms with Crippen LogP contribution in [0.3, 0.4) is 0 Å². The van der Waals surface area contributed by atoms with Crippen LogP contribution in [0.4, 0.5) is 0 Å². The molecular formula is C12H13NO5S2. The predicted octanol–water partition coefficient (Wildman–Crippen LogP) is 0.236. The van der Waals surface area contributed by atoms with Crippen molar-refractivity contribution in [3.05, 3.63) is 40.9 Å². The van der Waals surface area contributed by atoms with Gasteiger partial charge in [0.15, 0.2) is 9.84 Å². The molecule has 2 rings (SSSR count). The van der Waals surface area contributed by atoms with Crippen molar-refractivity contribution in [2.45, 2.75) is 11.8 Å². The Morgan fingerprint density at radius 2 is 1.75 bits per heavy atom. The zero-order valence-corrected chi connectivity index (χ0v) is 12.3. The van der Waals surface area contributed by atoms with Crippen LogP contribution in [0.15, 0.2) is 45.8 Å². The zero-order chi connectivity index (χ0) is 15.0. The van der Waals surface area contributed by atoms with E-state index in [1.165, 1.54) is 19.1 Å². The fraction of sp³-hybridized carbons (Fsp3) is 0.250. The molecule has 1 aliphatic rings. The molecule has 0 unspecified atom stereocenters. The highest BCUT2D eigenvalue weighted by molar-refractivity contribution is 7.99. The fourth-order valence-corrected chi connectivity index (χ4v) is 5.80. The molecule has 0 fully saturated rings. The topological polar surface area (TPSA) is 97.4 Å². The van der Waals surface area contributed by atoms with Gasteiger partial charge in [-0.15, -0.1) is 0 Å². The first-order valence-electron chi connectivity index (χ1n) is 5.72. The van der Waals surface area contributed by atoms with Crippen LogP contribution < -0.4 is 5.32 Å². The minimum absolute atomic E-state index is 0.00921. The molecule has 108 valence electrons. The maximum absolute atomic E-state index is 12.4. The number of hydrogen-bond acceptors (Lipinski definition) is 5. The van der Waals surface area contributed by atoms with Crippen LogP contribution in [-0.2, 0) is 24.5 Å². The van der Waals surface area contributed by atoms with Crippen LogP contribution in [0.5, 0.6) is 0 Å². The molecule has 0 spiro atoms. The Labute approximate surface area is 117 Å². The summed E-state index contributed by atoms with van der Waals surface area (Å²) in [6.45, 7) is 1.20. The van der Waals surface area contributed by atoms with Gasteiger partial charge in [0.25, 0.3) is 0 Å². The molecule has 1 aromatic rings. The Kier molecular flexibility index (Phi) is 3.70. The summed E-state index contributed by atoms with van der Waals surface area (Å²) in [5, 5.41) is 2.31. The molecule has 1 aliphatic heterocycles. The average molecular weight is 315 g/mol. The number of hydrogen-bond donors (Lipinski definition) is 1. The number of amides is 1. The summed E-state index contributed by atoms with van der Waals surface area (Å²) in [5.41, 5.74) is -0.0543. The number of carbonyl (C=O) groups is 1. The van der Waals surface area contributed by atoms with E-state index in [1.54, 1.807) is 18.2 Å². The summed E-state index contributed by atoms with van der Waals surface area (Å²) >= 11 is 0. The van der Waals surface area contributed by atoms with E-state index in [4.69, 9.17) is 0 Å². The van der Waals surface area contributed by atoms with E-state index < -0.39 is 37.1 Å². The molecule has 0 bridgehead atoms. The molecule has 1 N–H and O–H groups in total. The number of carbonyl (C=O) groups excluding carboxylic acids is 1. The van der Waals surface area contributed by atoms with E-state index >= 15 is 0 Å². The van der Waals surface area contributed by atoms with Crippen molar-refractivity contribution in [1.82, 2.24) is 5.32 Å². The quantitative estimate of drug-likeness (QED) is 0.861. The van der Waals surface area contributed by atoms with Gasteiger partial charge in [0, 0.05) is 12.6 Å². The Balaban J connectivity index is 2.55. The first kappa shape index (κ1) is 14.7. The van der Waals surface area contributed by atoms with Crippen molar-refractivity contribution in [3.8, 4) is 0 Å². The largest absolute Gasteiger partial charge is 0.328 e. The van der Waals surface area contributed by atoms with E-state index in [0.29, 0.717) is 0 Å². The smallest absolute Gasteiger partial charge is 0.221 e. The van der Waals surface area contributed by atoms with Gasteiger partial charge in [0.05, 0.1) is 21.3 Å². The number of benzene rings is 1. The predicted molar refractivity (Wildman–Crippen MR) is 73.1 cm³/mol. The van der Waals surface area contributed by atoms with Gasteiger partial charge in [-0.05, 0) is 12.1 Å². The van der Waals surface area contributed by atoms with Crippen LogP contribution >= 0.6 is 0 Å². The van der Waals surface area contributed by atoms with Gasteiger partial charge in [-0.2, -0.15) is 0 Å². The minimum Gasteiger partial charge on any atom is -0.328 e. The second-order valence-corrected chi connectivity index (χ2v) is 8.47. The second kappa shape index (κ2) is 5.02. The summed E-state index contributed by atoms with van der Waals surface area (Å²) in [4.78, 5) is 10.8. The van der Waals surface area contributed by atoms with Gasteiger partial charge >= 0.3 is 0 Å². The molecule has 6 nitrogen and oxygen atoms in total. The molecular weight excluding hydrogens is 302 g/mol. The highest BCUT2D eigenvalue weighted by atomic mass is 32.2. The maximum atomic E-state index is 12.4. The Bertz CT molecular complexity index is 776. The summed E-state index contributed by atoms with van der Waals surface area (Å²) in [7, 11) is -7.47. The molecule has 0 saturated carbocycles. The normalized spacial score (nSPS) is 18.1. The third kappa shape index (κ3) is 2.91. The molecule has 1 amide bonds. The van der Waals surface area contributed by atoms with Gasteiger partial charge in [-0.1, -0.05) is 18.2 Å². The van der Waals surface area contributed by atoms with Crippen LogP contribution in [0, 0.1) is 0 Å². The lowest BCUT2D eigenvalue weighted by atomic mass is 10.4. The fourth-order valence-electron chi connectivity index (χ4n) is 1.94. The minimum atomic E-state index is -3.92. The standard InChI is InChI=1S/C12H13NO5S2/c1-9(14)13-11-7-19(15,16)8-12(11)20(17,18)10-5-3-2-4-6-10/h2-6H,7-8H2,1H3,(H,13,14). The Morgan fingerprint density at radius 3 is 2.30 bits per heavy atom. The van der Waals surface area contributed by atoms with Crippen molar-refractivity contribution in [1.29, 1.82) is 0 Å². The SMILES string of the molecule is CC(=O)NC1=C(S(=O)(=O)c2ccccc2)CS(=O)(=O)C1. The van der Waals surface area contributed by atoms with E-state index in [1.807, 2.05) is 0 Å². The Hall–Kier alpha value is -1.67. The van der Waals surface area contributed by atoms with Crippen molar-refractivity contribution in [2.75, 3.05) is 11.5 Å². The van der Waals surface area contributed by atoms with Gasteiger partial charge in [0.1, 0.15) is 0 Å². The van der Waals surface area contributed by atoms with Crippen molar-refractivity contribution in [2.24, 2.45) is 0 Å². The van der Waals surface area contributed by atoms with E-state index in [9.17, 15) is 21.6 Å². The average Bonchev–Trinajstić information content (AvgIpc) is 2.65. The highest BCUT2D eigenvalue weighted by Gasteiger charge is 2.36. The van der Waals surface area contributed by atoms with Crippen molar-refractivity contribution < 1.29 is 21.6 Å². The molecule has 0 aromatic heterocycles. The summed E-state index contributed by atoms with van der Waals surface area (Å²) in [6, 6.07) is 7.54. The lowest BCUT2D eigenvalue weighted by Crippen LogP contribution is -2.23. The van der Waals surface area contributed by atoms with E-state index in [-0.39, 0.29) is 15.5 Å². The number of rotatable bonds is 3. The van der Waals surface area contributed by atoms with Crippen LogP contribution in [0.1, 0.15) is 6.92 Å². The first-order valence-corrected chi connectivity index (χ1v) is 9.03. The first-order chi connectivity index (χ1) is 9.22. The van der Waals surface area contributed by atoms with Gasteiger partial charge in [0.2, 0.25) is 15.7 Å². The third-order valence-electron chi connectivity index (χ3n) is 2.76. The number of sulfone groups is 2. The van der Waals surface area contributed by atoms with E-state index in [0.717, 1.165) is 0 Å². The summed E-state index contributed by atoms with van der Waals surface area (Å²) < 4.78 is 48.2. The second-order valence-electron chi connectivity index (χ2n) is 4.43. The van der Waals surface area contributed by atoms with Gasteiger partial charge in [-0.25, -0.2) is 16.8 Å². The van der Waals surface area contributed by atoms with Crippen LogP contribution in [-0.4, -0.2) is 34.2 Å². The zero-order valence-electron chi connectivity index (χ0n) is 10.7. The molecule has 20 heavy (non-hydrogen) atoms. The number of nitrogens with one attached hydrogen (secondary N) is 1. The van der Waals surface area contributed by atoms with Crippen LogP contribution in [0.2, 0.25) is 0 Å². The maximum Gasteiger partial charge on any atom is 0.221 e. The highest BCUT2D eigenvalue weighted by Crippen LogP contribution is 2.28. The molecule has 8 heteroatoms. The summed E-state index contributed by atoms with van der Waals surface area (Å²) in [5.74, 6) is -1.55. The van der Waals surface area contributed by atoms with Gasteiger partial charge in [-0.3, -0.25) is 4.79 Å². The molecule has 0 aliphatic carbocycles. The van der Waals surface area contributed by atoms with Crippen LogP contribution in [0.25, 0.3) is 0 Å². The third-order valence-corrected chi connectivity index (χ3v) is 6.33. The monoisotopic (exact) mass is 315 g/mol. The molecule has 1 aromatic carbocycles. The molecule has 0 atom stereocenters. The molecule has 0 radical (unpaired) electrons. The lowest BCUT2D eigenvalue weighted by molar-refractivity contribution is -0.118.